The maximum absolute atomic E-state index is 13.5. The normalized spacial score (nSPS) is 16.5. The number of hydrogen-bond acceptors (Lipinski definition) is 4. The molecule has 1 aliphatic heterocycles. The molecule has 0 radical (unpaired) electrons. The van der Waals surface area contributed by atoms with Crippen LogP contribution in [0.15, 0.2) is 45.0 Å². The zero-order valence-electron chi connectivity index (χ0n) is 14.4. The third kappa shape index (κ3) is 3.65. The number of thioether (sulfide) groups is 1. The summed E-state index contributed by atoms with van der Waals surface area (Å²) in [7, 11) is 2.91. The Morgan fingerprint density at radius 2 is 2.12 bits per heavy atom. The lowest BCUT2D eigenvalue weighted by atomic mass is 10.0. The third-order valence-corrected chi connectivity index (χ3v) is 5.34. The maximum Gasteiger partial charge on any atom is 0.330 e. The predicted octanol–water partition coefficient (Wildman–Crippen LogP) is 1.59. The van der Waals surface area contributed by atoms with Gasteiger partial charge in [0.2, 0.25) is 5.91 Å². The van der Waals surface area contributed by atoms with E-state index in [0.29, 0.717) is 6.42 Å². The van der Waals surface area contributed by atoms with E-state index in [1.54, 1.807) is 17.8 Å². The highest BCUT2D eigenvalue weighted by Crippen LogP contribution is 2.36. The lowest BCUT2D eigenvalue weighted by Crippen LogP contribution is -2.37. The van der Waals surface area contributed by atoms with E-state index in [4.69, 9.17) is 0 Å². The molecule has 0 fully saturated rings. The van der Waals surface area contributed by atoms with Crippen LogP contribution in [0.2, 0.25) is 0 Å². The lowest BCUT2D eigenvalue weighted by Gasteiger charge is -2.25. The molecule has 1 aromatic carbocycles. The number of halogens is 1. The topological polar surface area (TPSA) is 73.1 Å². The van der Waals surface area contributed by atoms with Gasteiger partial charge in [-0.2, -0.15) is 0 Å². The van der Waals surface area contributed by atoms with Crippen molar-refractivity contribution in [1.82, 2.24) is 14.5 Å². The van der Waals surface area contributed by atoms with Crippen LogP contribution in [0.5, 0.6) is 0 Å². The van der Waals surface area contributed by atoms with Crippen molar-refractivity contribution in [1.29, 1.82) is 0 Å². The molecule has 6 nitrogen and oxygen atoms in total. The maximum atomic E-state index is 13.5. The first-order valence-electron chi connectivity index (χ1n) is 8.04. The summed E-state index contributed by atoms with van der Waals surface area (Å²) in [5.74, 6) is 0.108. The number of carbonyl (C=O) groups excluding carboxylic acids is 1. The number of carbonyl (C=O) groups is 1. The van der Waals surface area contributed by atoms with Crippen LogP contribution >= 0.6 is 11.8 Å². The number of amides is 1. The number of benzene rings is 1. The van der Waals surface area contributed by atoms with E-state index in [-0.39, 0.29) is 23.3 Å². The number of nitrogens with one attached hydrogen (secondary N) is 1. The average Bonchev–Trinajstić information content (AvgIpc) is 2.62. The Morgan fingerprint density at radius 3 is 2.88 bits per heavy atom. The highest BCUT2D eigenvalue weighted by atomic mass is 32.2. The first-order chi connectivity index (χ1) is 12.4. The van der Waals surface area contributed by atoms with E-state index in [1.165, 1.54) is 49.1 Å². The second-order valence-corrected chi connectivity index (χ2v) is 7.19. The summed E-state index contributed by atoms with van der Waals surface area (Å²) >= 11 is 1.63. The van der Waals surface area contributed by atoms with Crippen LogP contribution in [0.1, 0.15) is 23.6 Å². The van der Waals surface area contributed by atoms with Crippen molar-refractivity contribution in [2.75, 3.05) is 5.75 Å². The SMILES string of the molecule is Cn1cc(/C=C/C(=O)NC2CCSc3ccc(F)cc32)c(=O)n(C)c1=O. The highest BCUT2D eigenvalue weighted by molar-refractivity contribution is 7.99. The summed E-state index contributed by atoms with van der Waals surface area (Å²) in [6.45, 7) is 0. The molecule has 0 saturated carbocycles. The molecule has 2 aromatic rings. The van der Waals surface area contributed by atoms with Gasteiger partial charge in [-0.25, -0.2) is 9.18 Å². The summed E-state index contributed by atoms with van der Waals surface area (Å²) < 4.78 is 15.8. The Morgan fingerprint density at radius 1 is 1.35 bits per heavy atom. The molecular formula is C18H18FN3O3S. The Hall–Kier alpha value is -2.61. The minimum Gasteiger partial charge on any atom is -0.346 e. The van der Waals surface area contributed by atoms with Crippen LogP contribution in [0.4, 0.5) is 4.39 Å². The molecule has 8 heteroatoms. The minimum atomic E-state index is -0.473. The van der Waals surface area contributed by atoms with Gasteiger partial charge in [-0.3, -0.25) is 14.2 Å². The van der Waals surface area contributed by atoms with Gasteiger partial charge in [0.15, 0.2) is 0 Å². The fourth-order valence-corrected chi connectivity index (χ4v) is 3.96. The van der Waals surface area contributed by atoms with E-state index in [2.05, 4.69) is 5.32 Å². The van der Waals surface area contributed by atoms with Crippen molar-refractivity contribution in [2.24, 2.45) is 14.1 Å². The first-order valence-corrected chi connectivity index (χ1v) is 9.03. The molecule has 1 amide bonds. The molecule has 0 bridgehead atoms. The first kappa shape index (κ1) is 18.2. The summed E-state index contributed by atoms with van der Waals surface area (Å²) in [4.78, 5) is 37.0. The van der Waals surface area contributed by atoms with E-state index in [1.807, 2.05) is 0 Å². The fraction of sp³-hybridized carbons (Fsp3) is 0.278. The second kappa shape index (κ2) is 7.33. The average molecular weight is 375 g/mol. The van der Waals surface area contributed by atoms with Crippen LogP contribution in [-0.4, -0.2) is 20.8 Å². The van der Waals surface area contributed by atoms with Gasteiger partial charge in [-0.15, -0.1) is 11.8 Å². The molecular weight excluding hydrogens is 357 g/mol. The highest BCUT2D eigenvalue weighted by Gasteiger charge is 2.22. The molecule has 26 heavy (non-hydrogen) atoms. The van der Waals surface area contributed by atoms with Gasteiger partial charge in [0.1, 0.15) is 5.82 Å². The molecule has 1 aliphatic rings. The smallest absolute Gasteiger partial charge is 0.330 e. The molecule has 3 rings (SSSR count). The molecule has 2 heterocycles. The van der Waals surface area contributed by atoms with E-state index in [0.717, 1.165) is 20.8 Å². The number of rotatable bonds is 3. The van der Waals surface area contributed by atoms with Crippen LogP contribution in [-0.2, 0) is 18.9 Å². The molecule has 0 saturated heterocycles. The second-order valence-electron chi connectivity index (χ2n) is 6.06. The quantitative estimate of drug-likeness (QED) is 0.827. The molecule has 0 spiro atoms. The zero-order valence-corrected chi connectivity index (χ0v) is 15.2. The minimum absolute atomic E-state index is 0.232. The largest absolute Gasteiger partial charge is 0.346 e. The van der Waals surface area contributed by atoms with Crippen molar-refractivity contribution in [3.8, 4) is 0 Å². The van der Waals surface area contributed by atoms with Gasteiger partial charge in [0, 0.05) is 37.0 Å². The van der Waals surface area contributed by atoms with Crippen molar-refractivity contribution < 1.29 is 9.18 Å². The summed E-state index contributed by atoms with van der Waals surface area (Å²) in [5.41, 5.74) is 0.0880. The number of hydrogen-bond donors (Lipinski definition) is 1. The summed E-state index contributed by atoms with van der Waals surface area (Å²) in [5, 5.41) is 2.85. The molecule has 0 aliphatic carbocycles. The number of aromatic nitrogens is 2. The van der Waals surface area contributed by atoms with Crippen LogP contribution in [0.25, 0.3) is 6.08 Å². The van der Waals surface area contributed by atoms with Gasteiger partial charge in [-0.1, -0.05) is 0 Å². The van der Waals surface area contributed by atoms with Crippen molar-refractivity contribution in [3.05, 3.63) is 68.3 Å². The van der Waals surface area contributed by atoms with Crippen LogP contribution < -0.4 is 16.6 Å². The van der Waals surface area contributed by atoms with Crippen molar-refractivity contribution in [3.63, 3.8) is 0 Å². The van der Waals surface area contributed by atoms with Gasteiger partial charge in [0.25, 0.3) is 5.56 Å². The van der Waals surface area contributed by atoms with Crippen LogP contribution in [0, 0.1) is 5.82 Å². The molecule has 1 unspecified atom stereocenters. The van der Waals surface area contributed by atoms with E-state index < -0.39 is 11.2 Å². The Bertz CT molecular complexity index is 1010. The van der Waals surface area contributed by atoms with Gasteiger partial charge < -0.3 is 9.88 Å². The van der Waals surface area contributed by atoms with Gasteiger partial charge in [0.05, 0.1) is 11.6 Å². The number of nitrogens with zero attached hydrogens (tertiary/aromatic N) is 2. The molecule has 1 N–H and O–H groups in total. The predicted molar refractivity (Wildman–Crippen MR) is 98.6 cm³/mol. The van der Waals surface area contributed by atoms with Gasteiger partial charge in [-0.05, 0) is 36.3 Å². The van der Waals surface area contributed by atoms with E-state index >= 15 is 0 Å². The Labute approximate surface area is 153 Å². The lowest BCUT2D eigenvalue weighted by molar-refractivity contribution is -0.117. The summed E-state index contributed by atoms with van der Waals surface area (Å²) in [6, 6.07) is 4.30. The zero-order chi connectivity index (χ0) is 18.8. The fourth-order valence-electron chi connectivity index (χ4n) is 2.85. The Balaban J connectivity index is 1.79. The number of aryl methyl sites for hydroxylation is 1. The Kier molecular flexibility index (Phi) is 5.13. The van der Waals surface area contributed by atoms with Crippen molar-refractivity contribution in [2.45, 2.75) is 17.4 Å². The standard InChI is InChI=1S/C18H18FN3O3S/c1-21-10-11(17(24)22(2)18(21)25)3-6-16(23)20-14-7-8-26-15-5-4-12(19)9-13(14)15/h3-6,9-10,14H,7-8H2,1-2H3,(H,20,23)/b6-3+. The van der Waals surface area contributed by atoms with E-state index in [9.17, 15) is 18.8 Å². The third-order valence-electron chi connectivity index (χ3n) is 4.22. The molecule has 1 atom stereocenters. The monoisotopic (exact) mass is 375 g/mol. The molecule has 136 valence electrons. The number of fused-ring (bicyclic) bond motifs is 1. The summed E-state index contributed by atoms with van der Waals surface area (Å²) in [6.07, 6.45) is 4.71. The molecule has 1 aromatic heterocycles. The van der Waals surface area contributed by atoms with Crippen LogP contribution in [0.3, 0.4) is 0 Å². The van der Waals surface area contributed by atoms with Gasteiger partial charge >= 0.3 is 5.69 Å². The van der Waals surface area contributed by atoms with Crippen molar-refractivity contribution >= 4 is 23.7 Å².